The molecular weight excluding hydrogens is 268 g/mol. The summed E-state index contributed by atoms with van der Waals surface area (Å²) in [5.74, 6) is -0.828. The minimum Gasteiger partial charge on any atom is -0.481 e. The Bertz CT molecular complexity index is 576. The van der Waals surface area contributed by atoms with Gasteiger partial charge in [0.25, 0.3) is 0 Å². The summed E-state index contributed by atoms with van der Waals surface area (Å²) >= 11 is 3.35. The molecule has 1 aliphatic rings. The maximum absolute atomic E-state index is 10.6. The van der Waals surface area contributed by atoms with Gasteiger partial charge in [-0.3, -0.25) is 4.79 Å². The predicted molar refractivity (Wildman–Crippen MR) is 72.5 cm³/mol. The summed E-state index contributed by atoms with van der Waals surface area (Å²) in [5.41, 5.74) is 2.03. The van der Waals surface area contributed by atoms with Crippen molar-refractivity contribution < 1.29 is 9.90 Å². The van der Waals surface area contributed by atoms with E-state index in [2.05, 4.69) is 21.3 Å². The number of aromatic nitrogens is 1. The van der Waals surface area contributed by atoms with Gasteiger partial charge in [0.15, 0.2) is 5.13 Å². The second kappa shape index (κ2) is 4.70. The summed E-state index contributed by atoms with van der Waals surface area (Å²) in [6, 6.07) is 2.16. The van der Waals surface area contributed by atoms with Crippen LogP contribution in [-0.4, -0.2) is 22.6 Å². The van der Waals surface area contributed by atoms with E-state index in [0.29, 0.717) is 5.69 Å². The number of carboxylic acid groups (broad SMARTS) is 1. The SMILES string of the molecule is O=C(O)Cc1csc(N2CCc3sccc3C2)n1. The van der Waals surface area contributed by atoms with Crippen LogP contribution in [-0.2, 0) is 24.2 Å². The number of rotatable bonds is 3. The average Bonchev–Trinajstić information content (AvgIpc) is 2.95. The van der Waals surface area contributed by atoms with Crippen molar-refractivity contribution in [1.82, 2.24) is 4.98 Å². The number of hydrogen-bond donors (Lipinski definition) is 1. The zero-order valence-corrected chi connectivity index (χ0v) is 11.3. The molecule has 4 nitrogen and oxygen atoms in total. The zero-order valence-electron chi connectivity index (χ0n) is 9.63. The molecule has 0 amide bonds. The van der Waals surface area contributed by atoms with Crippen LogP contribution in [0.15, 0.2) is 16.8 Å². The molecule has 0 aliphatic carbocycles. The third kappa shape index (κ3) is 2.26. The first-order valence-electron chi connectivity index (χ1n) is 5.69. The van der Waals surface area contributed by atoms with Gasteiger partial charge in [0.1, 0.15) is 0 Å². The van der Waals surface area contributed by atoms with E-state index in [1.54, 1.807) is 0 Å². The molecule has 0 radical (unpaired) electrons. The van der Waals surface area contributed by atoms with E-state index in [9.17, 15) is 4.79 Å². The number of thiophene rings is 1. The van der Waals surface area contributed by atoms with Gasteiger partial charge in [0, 0.05) is 23.3 Å². The number of thiazole rings is 1. The van der Waals surface area contributed by atoms with Gasteiger partial charge in [0.05, 0.1) is 12.1 Å². The number of anilines is 1. The lowest BCUT2D eigenvalue weighted by Gasteiger charge is -2.26. The highest BCUT2D eigenvalue weighted by atomic mass is 32.1. The van der Waals surface area contributed by atoms with E-state index in [1.807, 2.05) is 16.7 Å². The Labute approximate surface area is 113 Å². The maximum atomic E-state index is 10.6. The summed E-state index contributed by atoms with van der Waals surface area (Å²) in [7, 11) is 0. The monoisotopic (exact) mass is 280 g/mol. The van der Waals surface area contributed by atoms with Crippen LogP contribution in [0.25, 0.3) is 0 Å². The fourth-order valence-corrected chi connectivity index (χ4v) is 3.83. The summed E-state index contributed by atoms with van der Waals surface area (Å²) in [6.45, 7) is 1.85. The quantitative estimate of drug-likeness (QED) is 0.938. The first-order chi connectivity index (χ1) is 8.72. The molecule has 3 heterocycles. The highest BCUT2D eigenvalue weighted by molar-refractivity contribution is 7.13. The Balaban J connectivity index is 1.76. The van der Waals surface area contributed by atoms with Gasteiger partial charge in [-0.05, 0) is 23.4 Å². The lowest BCUT2D eigenvalue weighted by molar-refractivity contribution is -0.136. The van der Waals surface area contributed by atoms with Crippen LogP contribution in [0.2, 0.25) is 0 Å². The fraction of sp³-hybridized carbons (Fsp3) is 0.333. The minimum atomic E-state index is -0.828. The Morgan fingerprint density at radius 3 is 3.22 bits per heavy atom. The van der Waals surface area contributed by atoms with E-state index >= 15 is 0 Å². The van der Waals surface area contributed by atoms with Crippen molar-refractivity contribution in [3.8, 4) is 0 Å². The largest absolute Gasteiger partial charge is 0.481 e. The van der Waals surface area contributed by atoms with Crippen molar-refractivity contribution in [2.24, 2.45) is 0 Å². The Hall–Kier alpha value is -1.40. The Kier molecular flexibility index (Phi) is 3.05. The van der Waals surface area contributed by atoms with Crippen molar-refractivity contribution in [2.75, 3.05) is 11.4 Å². The molecule has 0 aromatic carbocycles. The van der Waals surface area contributed by atoms with Crippen LogP contribution in [0.1, 0.15) is 16.1 Å². The molecule has 0 saturated carbocycles. The molecular formula is C12H12N2O2S2. The van der Waals surface area contributed by atoms with Gasteiger partial charge in [-0.2, -0.15) is 0 Å². The second-order valence-electron chi connectivity index (χ2n) is 4.23. The highest BCUT2D eigenvalue weighted by Gasteiger charge is 2.19. The van der Waals surface area contributed by atoms with E-state index in [0.717, 1.165) is 24.6 Å². The number of hydrogen-bond acceptors (Lipinski definition) is 5. The van der Waals surface area contributed by atoms with Crippen LogP contribution in [0.3, 0.4) is 0 Å². The van der Waals surface area contributed by atoms with E-state index in [-0.39, 0.29) is 6.42 Å². The fourth-order valence-electron chi connectivity index (χ4n) is 2.09. The van der Waals surface area contributed by atoms with Gasteiger partial charge >= 0.3 is 5.97 Å². The smallest absolute Gasteiger partial charge is 0.309 e. The van der Waals surface area contributed by atoms with Gasteiger partial charge in [-0.1, -0.05) is 0 Å². The molecule has 0 spiro atoms. The number of nitrogens with zero attached hydrogens (tertiary/aromatic N) is 2. The summed E-state index contributed by atoms with van der Waals surface area (Å²) in [4.78, 5) is 18.7. The van der Waals surface area contributed by atoms with E-state index in [4.69, 9.17) is 5.11 Å². The third-order valence-corrected chi connectivity index (χ3v) is 4.92. The molecule has 0 unspecified atom stereocenters. The van der Waals surface area contributed by atoms with Crippen LogP contribution < -0.4 is 4.90 Å². The highest BCUT2D eigenvalue weighted by Crippen LogP contribution is 2.29. The van der Waals surface area contributed by atoms with Crippen molar-refractivity contribution in [2.45, 2.75) is 19.4 Å². The van der Waals surface area contributed by atoms with Gasteiger partial charge in [0.2, 0.25) is 0 Å². The average molecular weight is 280 g/mol. The van der Waals surface area contributed by atoms with Gasteiger partial charge in [-0.25, -0.2) is 4.98 Å². The first kappa shape index (κ1) is 11.7. The van der Waals surface area contributed by atoms with Gasteiger partial charge in [-0.15, -0.1) is 22.7 Å². The van der Waals surface area contributed by atoms with Crippen molar-refractivity contribution in [3.05, 3.63) is 33.0 Å². The predicted octanol–water partition coefficient (Wildman–Crippen LogP) is 2.39. The van der Waals surface area contributed by atoms with E-state index in [1.165, 1.54) is 21.8 Å². The molecule has 0 fully saturated rings. The molecule has 0 saturated heterocycles. The molecule has 3 rings (SSSR count). The number of aliphatic carboxylic acids is 1. The number of carbonyl (C=O) groups is 1. The molecule has 1 aliphatic heterocycles. The summed E-state index contributed by atoms with van der Waals surface area (Å²) in [5, 5.41) is 13.6. The van der Waals surface area contributed by atoms with Crippen LogP contribution >= 0.6 is 22.7 Å². The molecule has 2 aromatic heterocycles. The van der Waals surface area contributed by atoms with Crippen molar-refractivity contribution in [1.29, 1.82) is 0 Å². The van der Waals surface area contributed by atoms with Crippen LogP contribution in [0.5, 0.6) is 0 Å². The molecule has 6 heteroatoms. The lowest BCUT2D eigenvalue weighted by Crippen LogP contribution is -2.29. The maximum Gasteiger partial charge on any atom is 0.309 e. The Morgan fingerprint density at radius 1 is 1.50 bits per heavy atom. The zero-order chi connectivity index (χ0) is 12.5. The molecule has 0 atom stereocenters. The molecule has 1 N–H and O–H groups in total. The summed E-state index contributed by atoms with van der Waals surface area (Å²) in [6.07, 6.45) is 1.06. The van der Waals surface area contributed by atoms with Crippen LogP contribution in [0, 0.1) is 0 Å². The molecule has 2 aromatic rings. The van der Waals surface area contributed by atoms with Gasteiger partial charge < -0.3 is 10.0 Å². The third-order valence-electron chi connectivity index (χ3n) is 2.95. The topological polar surface area (TPSA) is 53.4 Å². The van der Waals surface area contributed by atoms with Crippen molar-refractivity contribution >= 4 is 33.8 Å². The minimum absolute atomic E-state index is 0.00798. The first-order valence-corrected chi connectivity index (χ1v) is 7.44. The molecule has 18 heavy (non-hydrogen) atoms. The number of carboxylic acids is 1. The standard InChI is InChI=1S/C12H12N2O2S2/c15-11(16)5-9-7-18-12(13-9)14-3-1-10-8(6-14)2-4-17-10/h2,4,7H,1,3,5-6H2,(H,15,16). The summed E-state index contributed by atoms with van der Waals surface area (Å²) < 4.78 is 0. The lowest BCUT2D eigenvalue weighted by atomic mass is 10.1. The van der Waals surface area contributed by atoms with E-state index < -0.39 is 5.97 Å². The molecule has 0 bridgehead atoms. The van der Waals surface area contributed by atoms with Crippen LogP contribution in [0.4, 0.5) is 5.13 Å². The van der Waals surface area contributed by atoms with Crippen molar-refractivity contribution in [3.63, 3.8) is 0 Å². The molecule has 94 valence electrons. The Morgan fingerprint density at radius 2 is 2.39 bits per heavy atom. The normalized spacial score (nSPS) is 14.6. The number of fused-ring (bicyclic) bond motifs is 1. The second-order valence-corrected chi connectivity index (χ2v) is 6.07.